The van der Waals surface area contributed by atoms with Gasteiger partial charge in [0, 0.05) is 17.0 Å². The normalized spacial score (nSPS) is 11.6. The number of carbonyl (C=O) groups excluding carboxylic acids is 1. The highest BCUT2D eigenvalue weighted by Crippen LogP contribution is 2.14. The smallest absolute Gasteiger partial charge is 0.267 e. The number of aromatic nitrogens is 2. The number of aryl methyl sites for hydroxylation is 1. The number of benzene rings is 2. The third-order valence-corrected chi connectivity index (χ3v) is 4.36. The quantitative estimate of drug-likeness (QED) is 0.541. The van der Waals surface area contributed by atoms with Gasteiger partial charge in [-0.2, -0.15) is 10.2 Å². The first kappa shape index (κ1) is 18.8. The fourth-order valence-electron chi connectivity index (χ4n) is 2.71. The van der Waals surface area contributed by atoms with Gasteiger partial charge in [0.2, 0.25) is 0 Å². The van der Waals surface area contributed by atoms with Crippen molar-refractivity contribution in [3.05, 3.63) is 75.2 Å². The minimum absolute atomic E-state index is 0.173. The maximum Gasteiger partial charge on any atom is 0.292 e. The third-order valence-electron chi connectivity index (χ3n) is 4.11. The summed E-state index contributed by atoms with van der Waals surface area (Å²) in [6.07, 6.45) is 0.736. The van der Waals surface area contributed by atoms with Gasteiger partial charge in [-0.1, -0.05) is 48.9 Å². The van der Waals surface area contributed by atoms with Crippen molar-refractivity contribution in [2.45, 2.75) is 26.8 Å². The molecule has 0 aliphatic heterocycles. The molecule has 7 heteroatoms. The molecule has 0 spiro atoms. The largest absolute Gasteiger partial charge is 0.292 e. The average molecular weight is 383 g/mol. The monoisotopic (exact) mass is 382 g/mol. The summed E-state index contributed by atoms with van der Waals surface area (Å²) in [7, 11) is 0. The second-order valence-corrected chi connectivity index (χ2v) is 6.50. The zero-order valence-corrected chi connectivity index (χ0v) is 15.8. The van der Waals surface area contributed by atoms with Crippen molar-refractivity contribution in [2.24, 2.45) is 5.10 Å². The molecule has 27 heavy (non-hydrogen) atoms. The highest BCUT2D eigenvalue weighted by molar-refractivity contribution is 6.30. The Morgan fingerprint density at radius 3 is 2.48 bits per heavy atom. The highest BCUT2D eigenvalue weighted by atomic mass is 35.5. The highest BCUT2D eigenvalue weighted by Gasteiger charge is 2.16. The SMILES string of the molecule is CCCn1nc(C(=O)N/N=C(/C)c2ccc(Cl)cc2)c2ccccc2c1=O. The summed E-state index contributed by atoms with van der Waals surface area (Å²) in [5.74, 6) is -0.468. The van der Waals surface area contributed by atoms with Gasteiger partial charge in [-0.05, 0) is 37.1 Å². The first-order valence-corrected chi connectivity index (χ1v) is 8.99. The molecule has 1 N–H and O–H groups in total. The van der Waals surface area contributed by atoms with Crippen LogP contribution in [0.2, 0.25) is 5.02 Å². The van der Waals surface area contributed by atoms with Crippen LogP contribution < -0.4 is 11.0 Å². The third kappa shape index (κ3) is 4.06. The summed E-state index contributed by atoms with van der Waals surface area (Å²) < 4.78 is 1.33. The van der Waals surface area contributed by atoms with E-state index < -0.39 is 5.91 Å². The predicted octanol–water partition coefficient (Wildman–Crippen LogP) is 3.61. The Morgan fingerprint density at radius 2 is 1.81 bits per heavy atom. The second kappa shape index (κ2) is 8.14. The lowest BCUT2D eigenvalue weighted by molar-refractivity contribution is 0.0949. The van der Waals surface area contributed by atoms with Gasteiger partial charge < -0.3 is 0 Å². The Bertz CT molecular complexity index is 1070. The van der Waals surface area contributed by atoms with Crippen LogP contribution in [0.4, 0.5) is 0 Å². The van der Waals surface area contributed by atoms with E-state index in [1.807, 2.05) is 19.1 Å². The van der Waals surface area contributed by atoms with Crippen molar-refractivity contribution in [2.75, 3.05) is 0 Å². The summed E-state index contributed by atoms with van der Waals surface area (Å²) in [6, 6.07) is 14.1. The van der Waals surface area contributed by atoms with E-state index in [9.17, 15) is 9.59 Å². The van der Waals surface area contributed by atoms with Gasteiger partial charge in [0.25, 0.3) is 11.5 Å². The molecule has 0 saturated carbocycles. The van der Waals surface area contributed by atoms with Gasteiger partial charge in [0.15, 0.2) is 5.69 Å². The summed E-state index contributed by atoms with van der Waals surface area (Å²) >= 11 is 5.89. The number of carbonyl (C=O) groups is 1. The molecule has 2 aromatic carbocycles. The molecule has 0 aliphatic rings. The van der Waals surface area contributed by atoms with Crippen LogP contribution in [0, 0.1) is 0 Å². The van der Waals surface area contributed by atoms with E-state index in [1.54, 1.807) is 43.3 Å². The molecule has 0 radical (unpaired) electrons. The van der Waals surface area contributed by atoms with Crippen LogP contribution in [0.3, 0.4) is 0 Å². The lowest BCUT2D eigenvalue weighted by atomic mass is 10.1. The van der Waals surface area contributed by atoms with Crippen LogP contribution in [0.5, 0.6) is 0 Å². The molecular weight excluding hydrogens is 364 g/mol. The molecule has 138 valence electrons. The topological polar surface area (TPSA) is 76.3 Å². The molecule has 3 aromatic rings. The standard InChI is InChI=1S/C20H19ClN4O2/c1-3-12-25-20(27)17-7-5-4-6-16(17)18(24-25)19(26)23-22-13(2)14-8-10-15(21)11-9-14/h4-11H,3,12H2,1-2H3,(H,23,26)/b22-13-. The summed E-state index contributed by atoms with van der Waals surface area (Å²) in [6.45, 7) is 4.17. The number of hydrogen-bond donors (Lipinski definition) is 1. The number of hydrazone groups is 1. The summed E-state index contributed by atoms with van der Waals surface area (Å²) in [4.78, 5) is 25.2. The van der Waals surface area contributed by atoms with E-state index in [2.05, 4.69) is 15.6 Å². The fraction of sp³-hybridized carbons (Fsp3) is 0.200. The second-order valence-electron chi connectivity index (χ2n) is 6.07. The van der Waals surface area contributed by atoms with Crippen LogP contribution in [0.15, 0.2) is 58.4 Å². The maximum absolute atomic E-state index is 12.7. The molecule has 0 aliphatic carbocycles. The zero-order valence-electron chi connectivity index (χ0n) is 15.1. The number of nitrogens with one attached hydrogen (secondary N) is 1. The van der Waals surface area contributed by atoms with E-state index >= 15 is 0 Å². The van der Waals surface area contributed by atoms with Crippen LogP contribution in [-0.2, 0) is 6.54 Å². The average Bonchev–Trinajstić information content (AvgIpc) is 2.68. The number of rotatable bonds is 5. The van der Waals surface area contributed by atoms with Gasteiger partial charge in [-0.25, -0.2) is 10.1 Å². The molecule has 0 atom stereocenters. The molecule has 3 rings (SSSR count). The first-order chi connectivity index (χ1) is 13.0. The Kier molecular flexibility index (Phi) is 5.66. The number of fused-ring (bicyclic) bond motifs is 1. The van der Waals surface area contributed by atoms with Crippen molar-refractivity contribution >= 4 is 34.0 Å². The lowest BCUT2D eigenvalue weighted by Crippen LogP contribution is -2.29. The Labute approximate surface area is 161 Å². The van der Waals surface area contributed by atoms with Crippen molar-refractivity contribution in [1.29, 1.82) is 0 Å². The molecule has 1 amide bonds. The summed E-state index contributed by atoms with van der Waals surface area (Å²) in [5, 5.41) is 10.0. The Morgan fingerprint density at radius 1 is 1.15 bits per heavy atom. The van der Waals surface area contributed by atoms with Gasteiger partial charge in [-0.15, -0.1) is 0 Å². The van der Waals surface area contributed by atoms with Gasteiger partial charge >= 0.3 is 0 Å². The Balaban J connectivity index is 1.95. The number of amides is 1. The van der Waals surface area contributed by atoms with Crippen molar-refractivity contribution in [3.8, 4) is 0 Å². The van der Waals surface area contributed by atoms with Gasteiger partial charge in [0.1, 0.15) is 0 Å². The summed E-state index contributed by atoms with van der Waals surface area (Å²) in [5.41, 5.74) is 3.97. The molecular formula is C20H19ClN4O2. The maximum atomic E-state index is 12.7. The molecule has 0 fully saturated rings. The lowest BCUT2D eigenvalue weighted by Gasteiger charge is -2.09. The zero-order chi connectivity index (χ0) is 19.4. The predicted molar refractivity (Wildman–Crippen MR) is 107 cm³/mol. The van der Waals surface area contributed by atoms with Crippen LogP contribution >= 0.6 is 11.6 Å². The molecule has 0 bridgehead atoms. The molecule has 0 unspecified atom stereocenters. The molecule has 6 nitrogen and oxygen atoms in total. The van der Waals surface area contributed by atoms with Crippen molar-refractivity contribution in [3.63, 3.8) is 0 Å². The minimum atomic E-state index is -0.468. The Hall–Kier alpha value is -2.99. The number of hydrogen-bond acceptors (Lipinski definition) is 4. The van der Waals surface area contributed by atoms with Crippen LogP contribution in [-0.4, -0.2) is 21.4 Å². The van der Waals surface area contributed by atoms with Gasteiger partial charge in [-0.3, -0.25) is 9.59 Å². The number of nitrogens with zero attached hydrogens (tertiary/aromatic N) is 3. The van der Waals surface area contributed by atoms with Crippen LogP contribution in [0.1, 0.15) is 36.3 Å². The van der Waals surface area contributed by atoms with Crippen molar-refractivity contribution < 1.29 is 4.79 Å². The van der Waals surface area contributed by atoms with Crippen LogP contribution in [0.25, 0.3) is 10.8 Å². The van der Waals surface area contributed by atoms with Gasteiger partial charge in [0.05, 0.1) is 11.1 Å². The van der Waals surface area contributed by atoms with E-state index in [1.165, 1.54) is 4.68 Å². The van der Waals surface area contributed by atoms with E-state index in [0.717, 1.165) is 12.0 Å². The molecule has 1 heterocycles. The van der Waals surface area contributed by atoms with Crippen molar-refractivity contribution in [1.82, 2.24) is 15.2 Å². The number of halogens is 1. The van der Waals surface area contributed by atoms with E-state index in [4.69, 9.17) is 11.6 Å². The van der Waals surface area contributed by atoms with E-state index in [-0.39, 0.29) is 11.3 Å². The van der Waals surface area contributed by atoms with E-state index in [0.29, 0.717) is 28.1 Å². The molecule has 1 aromatic heterocycles. The fourth-order valence-corrected chi connectivity index (χ4v) is 2.84. The first-order valence-electron chi connectivity index (χ1n) is 8.61. The minimum Gasteiger partial charge on any atom is -0.267 e. The molecule has 0 saturated heterocycles.